The molecule has 1 aliphatic rings. The number of aryl methyl sites for hydroxylation is 2. The van der Waals surface area contributed by atoms with Gasteiger partial charge in [-0.05, 0) is 19.9 Å². The molecule has 0 unspecified atom stereocenters. The number of carbonyl (C=O) groups excluding carboxylic acids is 1. The van der Waals surface area contributed by atoms with Crippen LogP contribution in [0.25, 0.3) is 0 Å². The highest BCUT2D eigenvalue weighted by molar-refractivity contribution is 5.94. The van der Waals surface area contributed by atoms with Crippen LogP contribution in [0, 0.1) is 13.8 Å². The molecule has 0 spiro atoms. The van der Waals surface area contributed by atoms with Crippen molar-refractivity contribution in [2.24, 2.45) is 0 Å². The van der Waals surface area contributed by atoms with E-state index in [9.17, 15) is 4.79 Å². The van der Waals surface area contributed by atoms with Gasteiger partial charge in [0.1, 0.15) is 11.6 Å². The first-order valence-electron chi connectivity index (χ1n) is 5.62. The summed E-state index contributed by atoms with van der Waals surface area (Å²) in [6.07, 6.45) is -0.498. The van der Waals surface area contributed by atoms with Gasteiger partial charge in [0.15, 0.2) is 0 Å². The standard InChI is InChI=1S/C12H12N4O2/c1-7-13-14-8(2)16(7)15-11-9-5-3-4-6-10(9)12(17)18-11/h3-6,11,15H,1-2H3/t11-/m1/s1. The number of rotatable bonds is 2. The van der Waals surface area contributed by atoms with Crippen LogP contribution in [0.15, 0.2) is 24.3 Å². The lowest BCUT2D eigenvalue weighted by atomic mass is 10.1. The van der Waals surface area contributed by atoms with E-state index >= 15 is 0 Å². The van der Waals surface area contributed by atoms with Gasteiger partial charge in [0, 0.05) is 5.56 Å². The summed E-state index contributed by atoms with van der Waals surface area (Å²) >= 11 is 0. The second-order valence-corrected chi connectivity index (χ2v) is 4.13. The molecular formula is C12H12N4O2. The number of carbonyl (C=O) groups is 1. The number of nitrogens with one attached hydrogen (secondary N) is 1. The van der Waals surface area contributed by atoms with Crippen molar-refractivity contribution in [3.63, 3.8) is 0 Å². The number of hydrogen-bond acceptors (Lipinski definition) is 5. The number of aromatic nitrogens is 3. The average molecular weight is 244 g/mol. The molecule has 0 saturated heterocycles. The summed E-state index contributed by atoms with van der Waals surface area (Å²) in [5.41, 5.74) is 4.52. The van der Waals surface area contributed by atoms with Crippen molar-refractivity contribution in [2.45, 2.75) is 20.1 Å². The highest BCUT2D eigenvalue weighted by atomic mass is 16.6. The minimum Gasteiger partial charge on any atom is -0.432 e. The van der Waals surface area contributed by atoms with Crippen LogP contribution in [0.3, 0.4) is 0 Å². The van der Waals surface area contributed by atoms with Crippen LogP contribution in [-0.4, -0.2) is 20.8 Å². The third-order valence-corrected chi connectivity index (χ3v) is 2.92. The van der Waals surface area contributed by atoms with Gasteiger partial charge in [0.25, 0.3) is 0 Å². The number of hydrogen-bond donors (Lipinski definition) is 1. The van der Waals surface area contributed by atoms with Crippen molar-refractivity contribution in [1.82, 2.24) is 14.9 Å². The third-order valence-electron chi connectivity index (χ3n) is 2.92. The van der Waals surface area contributed by atoms with Crippen LogP contribution < -0.4 is 5.43 Å². The maximum absolute atomic E-state index is 11.7. The Hall–Kier alpha value is -2.37. The fourth-order valence-electron chi connectivity index (χ4n) is 2.01. The summed E-state index contributed by atoms with van der Waals surface area (Å²) in [5, 5.41) is 7.89. The lowest BCUT2D eigenvalue weighted by molar-refractivity contribution is 0.0413. The molecule has 1 atom stereocenters. The molecule has 0 bridgehead atoms. The Morgan fingerprint density at radius 2 is 1.89 bits per heavy atom. The van der Waals surface area contributed by atoms with Gasteiger partial charge in [0.2, 0.25) is 6.23 Å². The molecule has 1 aromatic heterocycles. The quantitative estimate of drug-likeness (QED) is 0.806. The van der Waals surface area contributed by atoms with Gasteiger partial charge in [-0.25, -0.2) is 9.47 Å². The second-order valence-electron chi connectivity index (χ2n) is 4.13. The predicted octanol–water partition coefficient (Wildman–Crippen LogP) is 1.31. The minimum absolute atomic E-state index is 0.313. The Bertz CT molecular complexity index is 601. The molecule has 0 radical (unpaired) electrons. The molecule has 18 heavy (non-hydrogen) atoms. The van der Waals surface area contributed by atoms with Crippen molar-refractivity contribution in [1.29, 1.82) is 0 Å². The van der Waals surface area contributed by atoms with E-state index < -0.39 is 6.23 Å². The van der Waals surface area contributed by atoms with Gasteiger partial charge in [-0.1, -0.05) is 18.2 Å². The van der Waals surface area contributed by atoms with Crippen LogP contribution in [-0.2, 0) is 4.74 Å². The zero-order chi connectivity index (χ0) is 12.7. The Morgan fingerprint density at radius 1 is 1.22 bits per heavy atom. The topological polar surface area (TPSA) is 69.0 Å². The van der Waals surface area contributed by atoms with Crippen LogP contribution in [0.5, 0.6) is 0 Å². The molecule has 0 amide bonds. The molecule has 92 valence electrons. The Kier molecular flexibility index (Phi) is 2.29. The number of nitrogens with zero attached hydrogens (tertiary/aromatic N) is 3. The number of ether oxygens (including phenoxy) is 1. The zero-order valence-electron chi connectivity index (χ0n) is 10.0. The summed E-state index contributed by atoms with van der Waals surface area (Å²) in [6.45, 7) is 3.66. The summed E-state index contributed by atoms with van der Waals surface area (Å²) in [6, 6.07) is 7.32. The van der Waals surface area contributed by atoms with E-state index in [0.717, 1.165) is 5.56 Å². The molecular weight excluding hydrogens is 232 g/mol. The van der Waals surface area contributed by atoms with Gasteiger partial charge in [-0.3, -0.25) is 5.43 Å². The zero-order valence-corrected chi connectivity index (χ0v) is 10.0. The molecule has 1 aromatic carbocycles. The van der Waals surface area contributed by atoms with Gasteiger partial charge >= 0.3 is 5.97 Å². The molecule has 6 heteroatoms. The molecule has 0 aliphatic carbocycles. The Labute approximate surface area is 104 Å². The molecule has 6 nitrogen and oxygen atoms in total. The molecule has 2 heterocycles. The second kappa shape index (κ2) is 3.83. The first-order valence-corrected chi connectivity index (χ1v) is 5.62. The summed E-state index contributed by atoms with van der Waals surface area (Å²) in [4.78, 5) is 11.7. The monoisotopic (exact) mass is 244 g/mol. The maximum atomic E-state index is 11.7. The van der Waals surface area contributed by atoms with E-state index in [-0.39, 0.29) is 5.97 Å². The average Bonchev–Trinajstić information content (AvgIpc) is 2.86. The normalized spacial score (nSPS) is 17.4. The van der Waals surface area contributed by atoms with Gasteiger partial charge < -0.3 is 4.74 Å². The van der Waals surface area contributed by atoms with Gasteiger partial charge in [-0.2, -0.15) is 0 Å². The Balaban J connectivity index is 1.94. The van der Waals surface area contributed by atoms with Crippen molar-refractivity contribution in [3.05, 3.63) is 47.0 Å². The number of cyclic esters (lactones) is 1. The van der Waals surface area contributed by atoms with Crippen molar-refractivity contribution in [2.75, 3.05) is 5.43 Å². The predicted molar refractivity (Wildman–Crippen MR) is 63.5 cm³/mol. The lowest BCUT2D eigenvalue weighted by Gasteiger charge is -2.16. The SMILES string of the molecule is Cc1nnc(C)n1N[C@@H]1OC(=O)c2ccccc21. The van der Waals surface area contributed by atoms with E-state index in [4.69, 9.17) is 4.74 Å². The van der Waals surface area contributed by atoms with E-state index in [1.807, 2.05) is 32.0 Å². The Morgan fingerprint density at radius 3 is 2.61 bits per heavy atom. The molecule has 1 aliphatic heterocycles. The fraction of sp³-hybridized carbons (Fsp3) is 0.250. The van der Waals surface area contributed by atoms with Crippen LogP contribution in [0.2, 0.25) is 0 Å². The summed E-state index contributed by atoms with van der Waals surface area (Å²) < 4.78 is 7.00. The van der Waals surface area contributed by atoms with Gasteiger partial charge in [0.05, 0.1) is 5.56 Å². The number of benzene rings is 1. The third kappa shape index (κ3) is 1.54. The van der Waals surface area contributed by atoms with Gasteiger partial charge in [-0.15, -0.1) is 10.2 Å². The fourth-order valence-corrected chi connectivity index (χ4v) is 2.01. The first kappa shape index (κ1) is 10.8. The summed E-state index contributed by atoms with van der Waals surface area (Å²) in [7, 11) is 0. The highest BCUT2D eigenvalue weighted by Gasteiger charge is 2.31. The van der Waals surface area contributed by atoms with E-state index in [2.05, 4.69) is 15.6 Å². The highest BCUT2D eigenvalue weighted by Crippen LogP contribution is 2.29. The van der Waals surface area contributed by atoms with Crippen LogP contribution >= 0.6 is 0 Å². The smallest absolute Gasteiger partial charge is 0.340 e. The molecule has 2 aromatic rings. The molecule has 0 saturated carbocycles. The van der Waals surface area contributed by atoms with Crippen molar-refractivity contribution in [3.8, 4) is 0 Å². The van der Waals surface area contributed by atoms with Crippen LogP contribution in [0.1, 0.15) is 33.8 Å². The molecule has 3 rings (SSSR count). The maximum Gasteiger partial charge on any atom is 0.340 e. The lowest BCUT2D eigenvalue weighted by Crippen LogP contribution is -2.23. The van der Waals surface area contributed by atoms with Crippen molar-refractivity contribution >= 4 is 5.97 Å². The van der Waals surface area contributed by atoms with E-state index in [1.165, 1.54) is 0 Å². The van der Waals surface area contributed by atoms with E-state index in [0.29, 0.717) is 17.2 Å². The van der Waals surface area contributed by atoms with Crippen molar-refractivity contribution < 1.29 is 9.53 Å². The minimum atomic E-state index is -0.498. The molecule has 0 fully saturated rings. The molecule has 1 N–H and O–H groups in total. The number of fused-ring (bicyclic) bond motifs is 1. The largest absolute Gasteiger partial charge is 0.432 e. The number of esters is 1. The summed E-state index contributed by atoms with van der Waals surface area (Å²) in [5.74, 6) is 1.12. The first-order chi connectivity index (χ1) is 8.66. The van der Waals surface area contributed by atoms with Crippen LogP contribution in [0.4, 0.5) is 0 Å². The van der Waals surface area contributed by atoms with E-state index in [1.54, 1.807) is 10.7 Å².